The molecule has 1 saturated carbocycles. The highest BCUT2D eigenvalue weighted by atomic mass is 16.5. The third-order valence-corrected chi connectivity index (χ3v) is 2.60. The lowest BCUT2D eigenvalue weighted by atomic mass is 10.1. The Morgan fingerprint density at radius 1 is 1.62 bits per heavy atom. The van der Waals surface area contributed by atoms with Gasteiger partial charge in [0, 0.05) is 7.05 Å². The van der Waals surface area contributed by atoms with Crippen molar-refractivity contribution in [3.05, 3.63) is 0 Å². The van der Waals surface area contributed by atoms with Crippen molar-refractivity contribution in [2.75, 3.05) is 20.2 Å². The summed E-state index contributed by atoms with van der Waals surface area (Å²) in [6.45, 7) is 0.829. The molecule has 3 N–H and O–H groups in total. The lowest BCUT2D eigenvalue weighted by Crippen LogP contribution is -2.30. The average Bonchev–Trinajstić information content (AvgIpc) is 2.61. The number of rotatable bonds is 4. The monoisotopic (exact) mass is 186 g/mol. The Hall–Kier alpha value is -0.610. The SMILES string of the molecule is CNC(=O)COC1CCCC1CN. The Kier molecular flexibility index (Phi) is 4.18. The second-order valence-corrected chi connectivity index (χ2v) is 3.45. The molecule has 0 aromatic heterocycles. The fourth-order valence-electron chi connectivity index (χ4n) is 1.75. The van der Waals surface area contributed by atoms with Crippen molar-refractivity contribution < 1.29 is 9.53 Å². The fraction of sp³-hybridized carbons (Fsp3) is 0.889. The van der Waals surface area contributed by atoms with Gasteiger partial charge in [0.2, 0.25) is 5.91 Å². The maximum atomic E-state index is 10.9. The van der Waals surface area contributed by atoms with Gasteiger partial charge in [-0.2, -0.15) is 0 Å². The van der Waals surface area contributed by atoms with Crippen LogP contribution in [-0.2, 0) is 9.53 Å². The number of amides is 1. The van der Waals surface area contributed by atoms with Gasteiger partial charge >= 0.3 is 0 Å². The highest BCUT2D eigenvalue weighted by Crippen LogP contribution is 2.26. The second kappa shape index (κ2) is 5.19. The molecule has 4 nitrogen and oxygen atoms in total. The van der Waals surface area contributed by atoms with Crippen LogP contribution in [0.3, 0.4) is 0 Å². The van der Waals surface area contributed by atoms with Crippen molar-refractivity contribution in [2.45, 2.75) is 25.4 Å². The molecule has 0 aromatic rings. The Morgan fingerprint density at radius 3 is 3.00 bits per heavy atom. The molecular formula is C9H18N2O2. The van der Waals surface area contributed by atoms with Gasteiger partial charge < -0.3 is 15.8 Å². The predicted octanol–water partition coefficient (Wildman–Crippen LogP) is -0.124. The van der Waals surface area contributed by atoms with Gasteiger partial charge in [0.25, 0.3) is 0 Å². The summed E-state index contributed by atoms with van der Waals surface area (Å²) >= 11 is 0. The molecular weight excluding hydrogens is 168 g/mol. The summed E-state index contributed by atoms with van der Waals surface area (Å²) in [4.78, 5) is 10.9. The van der Waals surface area contributed by atoms with Gasteiger partial charge in [-0.1, -0.05) is 6.42 Å². The van der Waals surface area contributed by atoms with Crippen LogP contribution in [0.15, 0.2) is 0 Å². The van der Waals surface area contributed by atoms with Gasteiger partial charge in [-0.05, 0) is 25.3 Å². The molecule has 1 amide bonds. The van der Waals surface area contributed by atoms with Crippen molar-refractivity contribution in [1.82, 2.24) is 5.32 Å². The largest absolute Gasteiger partial charge is 0.368 e. The van der Waals surface area contributed by atoms with Crippen LogP contribution in [0.4, 0.5) is 0 Å². The molecule has 76 valence electrons. The number of likely N-dealkylation sites (N-methyl/N-ethyl adjacent to an activating group) is 1. The maximum absolute atomic E-state index is 10.9. The van der Waals surface area contributed by atoms with Gasteiger partial charge in [-0.3, -0.25) is 4.79 Å². The molecule has 1 aliphatic carbocycles. The van der Waals surface area contributed by atoms with E-state index in [2.05, 4.69) is 5.32 Å². The smallest absolute Gasteiger partial charge is 0.245 e. The normalized spacial score (nSPS) is 27.5. The molecule has 13 heavy (non-hydrogen) atoms. The highest BCUT2D eigenvalue weighted by molar-refractivity contribution is 5.76. The number of nitrogens with two attached hydrogens (primary N) is 1. The van der Waals surface area contributed by atoms with Crippen LogP contribution in [0, 0.1) is 5.92 Å². The molecule has 2 unspecified atom stereocenters. The van der Waals surface area contributed by atoms with Gasteiger partial charge in [0.05, 0.1) is 6.10 Å². The van der Waals surface area contributed by atoms with Crippen LogP contribution in [-0.4, -0.2) is 32.2 Å². The molecule has 0 radical (unpaired) electrons. The van der Waals surface area contributed by atoms with Crippen LogP contribution in [0.25, 0.3) is 0 Å². The summed E-state index contributed by atoms with van der Waals surface area (Å²) < 4.78 is 5.47. The molecule has 1 aliphatic rings. The lowest BCUT2D eigenvalue weighted by Gasteiger charge is -2.17. The predicted molar refractivity (Wildman–Crippen MR) is 50.2 cm³/mol. The minimum absolute atomic E-state index is 0.0670. The molecule has 0 saturated heterocycles. The second-order valence-electron chi connectivity index (χ2n) is 3.45. The Balaban J connectivity index is 2.23. The minimum atomic E-state index is -0.0670. The topological polar surface area (TPSA) is 64.3 Å². The summed E-state index contributed by atoms with van der Waals surface area (Å²) in [5.41, 5.74) is 5.58. The summed E-state index contributed by atoms with van der Waals surface area (Å²) in [5.74, 6) is 0.382. The third-order valence-electron chi connectivity index (χ3n) is 2.60. The number of carbonyl (C=O) groups excluding carboxylic acids is 1. The van der Waals surface area contributed by atoms with Crippen molar-refractivity contribution in [3.63, 3.8) is 0 Å². The standard InChI is InChI=1S/C9H18N2O2/c1-11-9(12)6-13-8-4-2-3-7(8)5-10/h7-8H,2-6,10H2,1H3,(H,11,12). The third kappa shape index (κ3) is 2.97. The molecule has 2 atom stereocenters. The van der Waals surface area contributed by atoms with Crippen molar-refractivity contribution in [2.24, 2.45) is 11.7 Å². The van der Waals surface area contributed by atoms with Gasteiger partial charge in [0.15, 0.2) is 0 Å². The van der Waals surface area contributed by atoms with E-state index in [9.17, 15) is 4.79 Å². The van der Waals surface area contributed by atoms with Crippen LogP contribution >= 0.6 is 0 Å². The maximum Gasteiger partial charge on any atom is 0.245 e. The molecule has 0 spiro atoms. The molecule has 0 aromatic carbocycles. The van der Waals surface area contributed by atoms with Crippen molar-refractivity contribution in [3.8, 4) is 0 Å². The highest BCUT2D eigenvalue weighted by Gasteiger charge is 2.26. The number of ether oxygens (including phenoxy) is 1. The average molecular weight is 186 g/mol. The molecule has 0 aliphatic heterocycles. The van der Waals surface area contributed by atoms with E-state index in [-0.39, 0.29) is 18.6 Å². The number of carbonyl (C=O) groups is 1. The first-order valence-corrected chi connectivity index (χ1v) is 4.80. The van der Waals surface area contributed by atoms with Gasteiger partial charge in [-0.15, -0.1) is 0 Å². The number of hydrogen-bond donors (Lipinski definition) is 2. The summed E-state index contributed by atoms with van der Waals surface area (Å²) in [7, 11) is 1.61. The number of nitrogens with one attached hydrogen (secondary N) is 1. The van der Waals surface area contributed by atoms with E-state index >= 15 is 0 Å². The molecule has 1 fully saturated rings. The van der Waals surface area contributed by atoms with Crippen LogP contribution in [0.2, 0.25) is 0 Å². The van der Waals surface area contributed by atoms with E-state index in [1.165, 1.54) is 6.42 Å². The van der Waals surface area contributed by atoms with Crippen LogP contribution < -0.4 is 11.1 Å². The summed E-state index contributed by atoms with van der Waals surface area (Å²) in [5, 5.41) is 2.53. The zero-order valence-corrected chi connectivity index (χ0v) is 8.08. The molecule has 0 bridgehead atoms. The van der Waals surface area contributed by atoms with Gasteiger partial charge in [-0.25, -0.2) is 0 Å². The Bertz CT molecular complexity index is 173. The zero-order chi connectivity index (χ0) is 9.68. The first-order valence-electron chi connectivity index (χ1n) is 4.80. The zero-order valence-electron chi connectivity index (χ0n) is 8.08. The van der Waals surface area contributed by atoms with Crippen molar-refractivity contribution >= 4 is 5.91 Å². The molecule has 4 heteroatoms. The Labute approximate surface area is 78.8 Å². The summed E-state index contributed by atoms with van der Waals surface area (Å²) in [6.07, 6.45) is 3.54. The van der Waals surface area contributed by atoms with Crippen molar-refractivity contribution in [1.29, 1.82) is 0 Å². The lowest BCUT2D eigenvalue weighted by molar-refractivity contribution is -0.127. The van der Waals surface area contributed by atoms with E-state index in [4.69, 9.17) is 10.5 Å². The molecule has 0 heterocycles. The van der Waals surface area contributed by atoms with E-state index < -0.39 is 0 Å². The Morgan fingerprint density at radius 2 is 2.38 bits per heavy atom. The van der Waals surface area contributed by atoms with Crippen LogP contribution in [0.1, 0.15) is 19.3 Å². The first-order chi connectivity index (χ1) is 6.27. The van der Waals surface area contributed by atoms with E-state index in [0.717, 1.165) is 12.8 Å². The number of hydrogen-bond acceptors (Lipinski definition) is 3. The van der Waals surface area contributed by atoms with E-state index in [1.54, 1.807) is 7.05 Å². The van der Waals surface area contributed by atoms with Gasteiger partial charge in [0.1, 0.15) is 6.61 Å². The fourth-order valence-corrected chi connectivity index (χ4v) is 1.75. The summed E-state index contributed by atoms with van der Waals surface area (Å²) in [6, 6.07) is 0. The van der Waals surface area contributed by atoms with E-state index in [1.807, 2.05) is 0 Å². The quantitative estimate of drug-likeness (QED) is 0.643. The molecule has 1 rings (SSSR count). The van der Waals surface area contributed by atoms with E-state index in [0.29, 0.717) is 12.5 Å². The first kappa shape index (κ1) is 10.5. The van der Waals surface area contributed by atoms with Crippen LogP contribution in [0.5, 0.6) is 0 Å². The minimum Gasteiger partial charge on any atom is -0.368 e.